The first kappa shape index (κ1) is 14.7. The van der Waals surface area contributed by atoms with Crippen molar-refractivity contribution in [2.45, 2.75) is 0 Å². The number of hydrogen-bond donors (Lipinski definition) is 0. The van der Waals surface area contributed by atoms with Crippen LogP contribution in [0.4, 0.5) is 11.8 Å². The number of pyridine rings is 1. The van der Waals surface area contributed by atoms with Crippen LogP contribution < -0.4 is 15.4 Å². The highest BCUT2D eigenvalue weighted by atomic mass is 16.1. The number of aromatic nitrogens is 3. The molecule has 0 radical (unpaired) electrons. The van der Waals surface area contributed by atoms with E-state index in [1.165, 1.54) is 0 Å². The van der Waals surface area contributed by atoms with E-state index in [2.05, 4.69) is 14.8 Å². The molecule has 0 amide bonds. The molecule has 2 aromatic heterocycles. The molecule has 4 rings (SSSR count). The van der Waals surface area contributed by atoms with Crippen molar-refractivity contribution in [3.05, 3.63) is 59.0 Å². The Kier molecular flexibility index (Phi) is 3.65. The number of benzene rings is 1. The minimum absolute atomic E-state index is 0.00255. The maximum Gasteiger partial charge on any atom is 0.262 e. The summed E-state index contributed by atoms with van der Waals surface area (Å²) in [6.45, 7) is 3.35. The molecule has 0 unspecified atom stereocenters. The molecular weight excluding hydrogens is 302 g/mol. The van der Waals surface area contributed by atoms with E-state index in [0.717, 1.165) is 43.5 Å². The molecule has 6 nitrogen and oxygen atoms in total. The van der Waals surface area contributed by atoms with Gasteiger partial charge in [-0.2, -0.15) is 0 Å². The van der Waals surface area contributed by atoms with Gasteiger partial charge in [-0.3, -0.25) is 9.36 Å². The molecule has 0 N–H and O–H groups in total. The van der Waals surface area contributed by atoms with Gasteiger partial charge in [0.2, 0.25) is 5.95 Å². The predicted octanol–water partition coefficient (Wildman–Crippen LogP) is 1.66. The monoisotopic (exact) mass is 321 g/mol. The average molecular weight is 321 g/mol. The van der Waals surface area contributed by atoms with Crippen LogP contribution in [0.3, 0.4) is 0 Å². The van der Waals surface area contributed by atoms with Gasteiger partial charge in [-0.05, 0) is 24.3 Å². The highest BCUT2D eigenvalue weighted by Crippen LogP contribution is 2.18. The SMILES string of the molecule is Cn1c(N2CCN(c3ccccn3)CC2)nc2ccccc2c1=O. The molecule has 3 heterocycles. The molecule has 1 aliphatic heterocycles. The van der Waals surface area contributed by atoms with E-state index < -0.39 is 0 Å². The van der Waals surface area contributed by atoms with Crippen LogP contribution in [0.1, 0.15) is 0 Å². The van der Waals surface area contributed by atoms with Gasteiger partial charge >= 0.3 is 0 Å². The summed E-state index contributed by atoms with van der Waals surface area (Å²) >= 11 is 0. The molecule has 1 fully saturated rings. The van der Waals surface area contributed by atoms with Gasteiger partial charge in [0.1, 0.15) is 5.82 Å². The first-order chi connectivity index (χ1) is 11.7. The van der Waals surface area contributed by atoms with Crippen molar-refractivity contribution in [3.8, 4) is 0 Å². The summed E-state index contributed by atoms with van der Waals surface area (Å²) in [5.41, 5.74) is 0.755. The summed E-state index contributed by atoms with van der Waals surface area (Å²) in [5, 5.41) is 0.663. The Morgan fingerprint density at radius 1 is 0.917 bits per heavy atom. The molecule has 1 aliphatic rings. The summed E-state index contributed by atoms with van der Waals surface area (Å²) in [7, 11) is 1.79. The third-order valence-electron chi connectivity index (χ3n) is 4.50. The molecule has 1 saturated heterocycles. The quantitative estimate of drug-likeness (QED) is 0.718. The lowest BCUT2D eigenvalue weighted by molar-refractivity contribution is 0.619. The number of hydrogen-bond acceptors (Lipinski definition) is 5. The van der Waals surface area contributed by atoms with Crippen LogP contribution >= 0.6 is 0 Å². The van der Waals surface area contributed by atoms with Crippen molar-refractivity contribution in [1.29, 1.82) is 0 Å². The molecule has 0 saturated carbocycles. The minimum Gasteiger partial charge on any atom is -0.353 e. The van der Waals surface area contributed by atoms with Gasteiger partial charge < -0.3 is 9.80 Å². The number of fused-ring (bicyclic) bond motifs is 1. The normalized spacial score (nSPS) is 15.0. The number of anilines is 2. The van der Waals surface area contributed by atoms with Gasteiger partial charge in [-0.15, -0.1) is 0 Å². The van der Waals surface area contributed by atoms with Gasteiger partial charge in [0.05, 0.1) is 10.9 Å². The fraction of sp³-hybridized carbons (Fsp3) is 0.278. The Balaban J connectivity index is 1.61. The van der Waals surface area contributed by atoms with Crippen LogP contribution in [0.5, 0.6) is 0 Å². The second kappa shape index (κ2) is 5.96. The van der Waals surface area contributed by atoms with E-state index in [0.29, 0.717) is 5.39 Å². The molecule has 24 heavy (non-hydrogen) atoms. The molecular formula is C18H19N5O. The summed E-state index contributed by atoms with van der Waals surface area (Å²) in [6, 6.07) is 13.5. The van der Waals surface area contributed by atoms with Crippen LogP contribution in [0.25, 0.3) is 10.9 Å². The van der Waals surface area contributed by atoms with E-state index in [1.807, 2.05) is 48.7 Å². The topological polar surface area (TPSA) is 54.3 Å². The number of rotatable bonds is 2. The van der Waals surface area contributed by atoms with E-state index in [-0.39, 0.29) is 5.56 Å². The second-order valence-electron chi connectivity index (χ2n) is 5.96. The Morgan fingerprint density at radius 2 is 1.62 bits per heavy atom. The smallest absolute Gasteiger partial charge is 0.262 e. The number of piperazine rings is 1. The van der Waals surface area contributed by atoms with Crippen molar-refractivity contribution in [3.63, 3.8) is 0 Å². The Hall–Kier alpha value is -2.89. The Bertz CT molecular complexity index is 914. The lowest BCUT2D eigenvalue weighted by atomic mass is 10.2. The molecule has 0 atom stereocenters. The number of nitrogens with zero attached hydrogens (tertiary/aromatic N) is 5. The lowest BCUT2D eigenvalue weighted by Gasteiger charge is -2.36. The highest BCUT2D eigenvalue weighted by Gasteiger charge is 2.21. The minimum atomic E-state index is 0.00255. The Labute approximate surface area is 140 Å². The summed E-state index contributed by atoms with van der Waals surface area (Å²) in [5.74, 6) is 1.73. The molecule has 1 aromatic carbocycles. The third-order valence-corrected chi connectivity index (χ3v) is 4.50. The van der Waals surface area contributed by atoms with Crippen molar-refractivity contribution in [2.75, 3.05) is 36.0 Å². The van der Waals surface area contributed by atoms with Crippen LogP contribution in [0.15, 0.2) is 53.5 Å². The largest absolute Gasteiger partial charge is 0.353 e. The maximum absolute atomic E-state index is 12.6. The summed E-state index contributed by atoms with van der Waals surface area (Å²) in [4.78, 5) is 26.1. The zero-order chi connectivity index (χ0) is 16.5. The van der Waals surface area contributed by atoms with E-state index in [1.54, 1.807) is 11.6 Å². The summed E-state index contributed by atoms with van der Waals surface area (Å²) < 4.78 is 1.65. The van der Waals surface area contributed by atoms with Crippen LogP contribution in [-0.2, 0) is 7.05 Å². The maximum atomic E-state index is 12.6. The van der Waals surface area contributed by atoms with Crippen molar-refractivity contribution in [2.24, 2.45) is 7.05 Å². The standard InChI is InChI=1S/C18H19N5O/c1-21-17(24)14-6-2-3-7-15(14)20-18(21)23-12-10-22(11-13-23)16-8-4-5-9-19-16/h2-9H,10-13H2,1H3. The van der Waals surface area contributed by atoms with Gasteiger partial charge in [0, 0.05) is 39.4 Å². The molecule has 0 aliphatic carbocycles. The van der Waals surface area contributed by atoms with Crippen LogP contribution in [0, 0.1) is 0 Å². The zero-order valence-electron chi connectivity index (χ0n) is 13.6. The number of para-hydroxylation sites is 1. The van der Waals surface area contributed by atoms with E-state index in [4.69, 9.17) is 4.98 Å². The first-order valence-corrected chi connectivity index (χ1v) is 8.11. The lowest BCUT2D eigenvalue weighted by Crippen LogP contribution is -2.48. The zero-order valence-corrected chi connectivity index (χ0v) is 13.6. The van der Waals surface area contributed by atoms with Gasteiger partial charge in [-0.1, -0.05) is 18.2 Å². The van der Waals surface area contributed by atoms with Crippen LogP contribution in [0.2, 0.25) is 0 Å². The van der Waals surface area contributed by atoms with Gasteiger partial charge in [0.25, 0.3) is 5.56 Å². The molecule has 122 valence electrons. The Morgan fingerprint density at radius 3 is 2.38 bits per heavy atom. The van der Waals surface area contributed by atoms with Crippen molar-refractivity contribution < 1.29 is 0 Å². The fourth-order valence-corrected chi connectivity index (χ4v) is 3.17. The van der Waals surface area contributed by atoms with Crippen molar-refractivity contribution in [1.82, 2.24) is 14.5 Å². The molecule has 6 heteroatoms. The average Bonchev–Trinajstić information content (AvgIpc) is 2.66. The predicted molar refractivity (Wildman–Crippen MR) is 95.6 cm³/mol. The third kappa shape index (κ3) is 2.50. The van der Waals surface area contributed by atoms with E-state index >= 15 is 0 Å². The molecule has 3 aromatic rings. The van der Waals surface area contributed by atoms with Gasteiger partial charge in [0.15, 0.2) is 0 Å². The fourth-order valence-electron chi connectivity index (χ4n) is 3.17. The first-order valence-electron chi connectivity index (χ1n) is 8.11. The van der Waals surface area contributed by atoms with Gasteiger partial charge in [-0.25, -0.2) is 9.97 Å². The molecule has 0 bridgehead atoms. The van der Waals surface area contributed by atoms with Crippen LogP contribution in [-0.4, -0.2) is 40.7 Å². The van der Waals surface area contributed by atoms with Crippen molar-refractivity contribution >= 4 is 22.7 Å². The van der Waals surface area contributed by atoms with E-state index in [9.17, 15) is 4.79 Å². The second-order valence-corrected chi connectivity index (χ2v) is 5.96. The molecule has 0 spiro atoms. The highest BCUT2D eigenvalue weighted by molar-refractivity contribution is 5.78. The summed E-state index contributed by atoms with van der Waals surface area (Å²) in [6.07, 6.45) is 1.82.